The Morgan fingerprint density at radius 2 is 2.00 bits per heavy atom. The molecule has 0 aromatic rings. The largest absolute Gasteiger partial charge is 0.481 e. The highest BCUT2D eigenvalue weighted by molar-refractivity contribution is 5.66. The maximum atomic E-state index is 10.6. The maximum absolute atomic E-state index is 10.6. The molecule has 2 bridgehead atoms. The van der Waals surface area contributed by atoms with E-state index in [1.54, 1.807) is 0 Å². The average molecular weight is 386 g/mol. The van der Waals surface area contributed by atoms with Gasteiger partial charge < -0.3 is 24.1 Å². The lowest BCUT2D eigenvalue weighted by molar-refractivity contribution is -0.578. The van der Waals surface area contributed by atoms with Crippen molar-refractivity contribution in [2.24, 2.45) is 23.7 Å². The fourth-order valence-electron chi connectivity index (χ4n) is 5.40. The molecule has 4 unspecified atom stereocenters. The normalized spacial score (nSPS) is 48.7. The van der Waals surface area contributed by atoms with Gasteiger partial charge in [0.2, 0.25) is 5.79 Å². The first kappa shape index (κ1) is 19.5. The highest BCUT2D eigenvalue weighted by Crippen LogP contribution is 2.60. The lowest BCUT2D eigenvalue weighted by atomic mass is 9.58. The third-order valence-electron chi connectivity index (χ3n) is 6.87. The van der Waals surface area contributed by atoms with Gasteiger partial charge in [-0.25, -0.2) is 9.78 Å². The molecule has 1 saturated carbocycles. The van der Waals surface area contributed by atoms with Gasteiger partial charge in [0, 0.05) is 18.3 Å². The molecule has 5 fully saturated rings. The van der Waals surface area contributed by atoms with E-state index in [0.717, 1.165) is 25.7 Å². The molecule has 1 aliphatic carbocycles. The summed E-state index contributed by atoms with van der Waals surface area (Å²) < 4.78 is 23.6. The molecule has 0 amide bonds. The Morgan fingerprint density at radius 3 is 2.78 bits per heavy atom. The molecule has 8 heteroatoms. The van der Waals surface area contributed by atoms with Gasteiger partial charge in [0.15, 0.2) is 18.2 Å². The number of fused-ring (bicyclic) bond motifs is 2. The van der Waals surface area contributed by atoms with Crippen molar-refractivity contribution in [3.63, 3.8) is 0 Å². The summed E-state index contributed by atoms with van der Waals surface area (Å²) in [6.45, 7) is 6.37. The van der Waals surface area contributed by atoms with Crippen molar-refractivity contribution in [3.05, 3.63) is 0 Å². The Bertz CT molecular complexity index is 570. The van der Waals surface area contributed by atoms with Crippen LogP contribution in [0.25, 0.3) is 0 Å². The van der Waals surface area contributed by atoms with Crippen LogP contribution < -0.4 is 0 Å². The molecular formula is C19H30O8. The number of hydrogen-bond acceptors (Lipinski definition) is 7. The second kappa shape index (κ2) is 7.24. The molecule has 154 valence electrons. The summed E-state index contributed by atoms with van der Waals surface area (Å²) >= 11 is 0. The van der Waals surface area contributed by atoms with Crippen LogP contribution in [0.5, 0.6) is 0 Å². The topological polar surface area (TPSA) is 92.7 Å². The van der Waals surface area contributed by atoms with Gasteiger partial charge in [-0.15, -0.1) is 0 Å². The van der Waals surface area contributed by atoms with Crippen molar-refractivity contribution < 1.29 is 38.6 Å². The second-order valence-electron chi connectivity index (χ2n) is 8.61. The zero-order chi connectivity index (χ0) is 19.2. The quantitative estimate of drug-likeness (QED) is 0.423. The Kier molecular flexibility index (Phi) is 5.24. The van der Waals surface area contributed by atoms with Crippen LogP contribution in [0.2, 0.25) is 0 Å². The number of carboxylic acids is 1. The molecular weight excluding hydrogens is 356 g/mol. The first-order valence-corrected chi connectivity index (χ1v) is 9.97. The van der Waals surface area contributed by atoms with Crippen molar-refractivity contribution in [3.8, 4) is 0 Å². The molecule has 4 aliphatic heterocycles. The molecule has 8 atom stereocenters. The highest BCUT2D eigenvalue weighted by atomic mass is 17.3. The zero-order valence-corrected chi connectivity index (χ0v) is 16.2. The van der Waals surface area contributed by atoms with Crippen molar-refractivity contribution in [2.75, 3.05) is 13.4 Å². The molecule has 8 nitrogen and oxygen atoms in total. The van der Waals surface area contributed by atoms with Crippen LogP contribution in [-0.2, 0) is 33.5 Å². The third-order valence-corrected chi connectivity index (χ3v) is 6.87. The summed E-state index contributed by atoms with van der Waals surface area (Å²) in [5.41, 5.74) is -0.600. The van der Waals surface area contributed by atoms with Crippen molar-refractivity contribution >= 4 is 5.97 Å². The van der Waals surface area contributed by atoms with Gasteiger partial charge >= 0.3 is 5.97 Å². The predicted molar refractivity (Wildman–Crippen MR) is 91.0 cm³/mol. The van der Waals surface area contributed by atoms with E-state index in [-0.39, 0.29) is 31.7 Å². The van der Waals surface area contributed by atoms with Crippen molar-refractivity contribution in [1.29, 1.82) is 0 Å². The maximum Gasteiger partial charge on any atom is 0.305 e. The van der Waals surface area contributed by atoms with Crippen LogP contribution in [0.15, 0.2) is 0 Å². The van der Waals surface area contributed by atoms with Crippen LogP contribution in [0.3, 0.4) is 0 Å². The van der Waals surface area contributed by atoms with Gasteiger partial charge in [0.05, 0.1) is 13.0 Å². The third kappa shape index (κ3) is 3.30. The van der Waals surface area contributed by atoms with Gasteiger partial charge in [0.1, 0.15) is 6.79 Å². The van der Waals surface area contributed by atoms with Crippen molar-refractivity contribution in [2.45, 2.75) is 76.8 Å². The van der Waals surface area contributed by atoms with E-state index >= 15 is 0 Å². The number of hydrogen-bond donors (Lipinski definition) is 1. The zero-order valence-electron chi connectivity index (χ0n) is 16.2. The minimum Gasteiger partial charge on any atom is -0.481 e. The molecule has 1 N–H and O–H groups in total. The molecule has 0 aromatic heterocycles. The molecule has 1 spiro atoms. The summed E-state index contributed by atoms with van der Waals surface area (Å²) in [5.74, 6) is -0.585. The van der Waals surface area contributed by atoms with E-state index < -0.39 is 29.9 Å². The molecule has 4 saturated heterocycles. The fourth-order valence-corrected chi connectivity index (χ4v) is 5.40. The summed E-state index contributed by atoms with van der Waals surface area (Å²) in [5, 5.41) is 8.68. The van der Waals surface area contributed by atoms with Gasteiger partial charge in [0.25, 0.3) is 0 Å². The predicted octanol–water partition coefficient (Wildman–Crippen LogP) is 2.66. The number of carbonyl (C=O) groups is 1. The summed E-state index contributed by atoms with van der Waals surface area (Å²) in [6, 6.07) is 0. The van der Waals surface area contributed by atoms with Crippen LogP contribution >= 0.6 is 0 Å². The molecule has 5 aliphatic rings. The first-order valence-electron chi connectivity index (χ1n) is 9.97. The van der Waals surface area contributed by atoms with E-state index in [9.17, 15) is 4.79 Å². The van der Waals surface area contributed by atoms with Crippen molar-refractivity contribution in [1.82, 2.24) is 0 Å². The lowest BCUT2D eigenvalue weighted by Gasteiger charge is -2.60. The van der Waals surface area contributed by atoms with Crippen LogP contribution in [-0.4, -0.2) is 48.4 Å². The van der Waals surface area contributed by atoms with Gasteiger partial charge in [-0.05, 0) is 38.0 Å². The monoisotopic (exact) mass is 386 g/mol. The lowest BCUT2D eigenvalue weighted by Crippen LogP contribution is -2.70. The smallest absolute Gasteiger partial charge is 0.305 e. The van der Waals surface area contributed by atoms with E-state index in [0.29, 0.717) is 11.8 Å². The van der Waals surface area contributed by atoms with E-state index in [4.69, 9.17) is 33.8 Å². The van der Waals surface area contributed by atoms with Crippen LogP contribution in [0.1, 0.15) is 52.9 Å². The Labute approximate surface area is 159 Å². The first-order chi connectivity index (χ1) is 12.9. The summed E-state index contributed by atoms with van der Waals surface area (Å²) in [4.78, 5) is 22.4. The number of ether oxygens (including phenoxy) is 4. The average Bonchev–Trinajstić information content (AvgIpc) is 2.84. The number of aliphatic carboxylic acids is 1. The minimum atomic E-state index is -0.894. The van der Waals surface area contributed by atoms with E-state index in [1.165, 1.54) is 0 Å². The number of rotatable bonds is 6. The SMILES string of the molecule is C[C@H]1C(OCOCCC(=O)O)O[C@@H]2OC3(C)CCC4[C@H](C)CCC1[C@]42OO3. The fraction of sp³-hybridized carbons (Fsp3) is 0.947. The molecule has 5 rings (SSSR count). The van der Waals surface area contributed by atoms with Gasteiger partial charge in [-0.1, -0.05) is 13.8 Å². The van der Waals surface area contributed by atoms with Gasteiger partial charge in [-0.2, -0.15) is 0 Å². The highest BCUT2D eigenvalue weighted by Gasteiger charge is 2.69. The Balaban J connectivity index is 1.49. The van der Waals surface area contributed by atoms with Crippen LogP contribution in [0, 0.1) is 23.7 Å². The molecule has 4 heterocycles. The molecule has 27 heavy (non-hydrogen) atoms. The van der Waals surface area contributed by atoms with E-state index in [1.807, 2.05) is 6.92 Å². The minimum absolute atomic E-state index is 0.0107. The van der Waals surface area contributed by atoms with Crippen LogP contribution in [0.4, 0.5) is 0 Å². The second-order valence-corrected chi connectivity index (χ2v) is 8.61. The Morgan fingerprint density at radius 1 is 1.19 bits per heavy atom. The number of carboxylic acid groups (broad SMARTS) is 1. The summed E-state index contributed by atoms with van der Waals surface area (Å²) in [7, 11) is 0. The molecule has 0 aromatic carbocycles. The Hall–Kier alpha value is -0.770. The van der Waals surface area contributed by atoms with Gasteiger partial charge in [-0.3, -0.25) is 4.79 Å². The summed E-state index contributed by atoms with van der Waals surface area (Å²) in [6.07, 6.45) is 2.81. The molecule has 0 radical (unpaired) electrons. The standard InChI is InChI=1S/C19H30O8/c1-11-4-5-14-12(2)16(23-10-22-9-7-15(20)21)24-17-19(14)13(11)6-8-18(3,25-17)26-27-19/h11-14,16-17H,4-10H2,1-3H3,(H,20,21)/t11-,12-,13?,14?,16?,17-,18?,19-/m1/s1. The van der Waals surface area contributed by atoms with E-state index in [2.05, 4.69) is 13.8 Å².